The summed E-state index contributed by atoms with van der Waals surface area (Å²) in [4.78, 5) is 17.5. The van der Waals surface area contributed by atoms with E-state index in [1.807, 2.05) is 34.9 Å². The molecule has 1 aliphatic rings. The van der Waals surface area contributed by atoms with Gasteiger partial charge in [-0.15, -0.1) is 0 Å². The SMILES string of the molecule is O=C1O[C@@H](Cn2ccnc2)CN1c1ccc(OCc2ccccc2)c(F)c1. The van der Waals surface area contributed by atoms with Crippen LogP contribution in [0.15, 0.2) is 67.3 Å². The van der Waals surface area contributed by atoms with E-state index in [4.69, 9.17) is 9.47 Å². The Morgan fingerprint density at radius 3 is 2.81 bits per heavy atom. The first-order valence-corrected chi connectivity index (χ1v) is 8.59. The van der Waals surface area contributed by atoms with Gasteiger partial charge >= 0.3 is 6.09 Å². The summed E-state index contributed by atoms with van der Waals surface area (Å²) in [7, 11) is 0. The number of nitrogens with zero attached hydrogens (tertiary/aromatic N) is 3. The van der Waals surface area contributed by atoms with Gasteiger partial charge in [0.05, 0.1) is 25.1 Å². The lowest BCUT2D eigenvalue weighted by Crippen LogP contribution is -2.25. The van der Waals surface area contributed by atoms with Gasteiger partial charge in [-0.1, -0.05) is 30.3 Å². The molecular weight excluding hydrogens is 349 g/mol. The lowest BCUT2D eigenvalue weighted by Gasteiger charge is -2.15. The predicted molar refractivity (Wildman–Crippen MR) is 97.0 cm³/mol. The first kappa shape index (κ1) is 17.1. The smallest absolute Gasteiger partial charge is 0.414 e. The van der Waals surface area contributed by atoms with Crippen molar-refractivity contribution in [2.24, 2.45) is 0 Å². The molecule has 2 heterocycles. The molecule has 3 aromatic rings. The zero-order valence-corrected chi connectivity index (χ0v) is 14.5. The van der Waals surface area contributed by atoms with Crippen molar-refractivity contribution in [3.05, 3.63) is 78.6 Å². The van der Waals surface area contributed by atoms with Crippen LogP contribution in [0.4, 0.5) is 14.9 Å². The zero-order chi connectivity index (χ0) is 18.6. The third-order valence-electron chi connectivity index (χ3n) is 4.31. The Morgan fingerprint density at radius 2 is 2.07 bits per heavy atom. The fraction of sp³-hybridized carbons (Fsp3) is 0.200. The number of amides is 1. The molecule has 7 heteroatoms. The molecule has 1 fully saturated rings. The Bertz CT molecular complexity index is 915. The van der Waals surface area contributed by atoms with Crippen LogP contribution in [-0.2, 0) is 17.9 Å². The summed E-state index contributed by atoms with van der Waals surface area (Å²) in [6, 6.07) is 14.0. The Kier molecular flexibility index (Phi) is 4.74. The standard InChI is InChI=1S/C20H18FN3O3/c21-18-10-16(6-7-19(18)26-13-15-4-2-1-3-5-15)24-12-17(27-20(24)25)11-23-9-8-22-14-23/h1-10,14,17H,11-13H2/t17-/m0/s1. The Morgan fingerprint density at radius 1 is 1.22 bits per heavy atom. The third kappa shape index (κ3) is 3.92. The van der Waals surface area contributed by atoms with Crippen LogP contribution >= 0.6 is 0 Å². The molecule has 4 rings (SSSR count). The van der Waals surface area contributed by atoms with Crippen LogP contribution in [0.1, 0.15) is 5.56 Å². The lowest BCUT2D eigenvalue weighted by molar-refractivity contribution is 0.132. The lowest BCUT2D eigenvalue weighted by atomic mass is 10.2. The molecule has 0 spiro atoms. The number of anilines is 1. The first-order chi connectivity index (χ1) is 13.2. The second kappa shape index (κ2) is 7.49. The van der Waals surface area contributed by atoms with E-state index in [1.165, 1.54) is 17.0 Å². The van der Waals surface area contributed by atoms with Gasteiger partial charge in [0, 0.05) is 18.5 Å². The molecule has 6 nitrogen and oxygen atoms in total. The molecule has 1 aromatic heterocycles. The van der Waals surface area contributed by atoms with Gasteiger partial charge in [-0.3, -0.25) is 4.90 Å². The normalized spacial score (nSPS) is 16.4. The third-order valence-corrected chi connectivity index (χ3v) is 4.31. The summed E-state index contributed by atoms with van der Waals surface area (Å²) in [6.45, 7) is 1.12. The molecule has 1 saturated heterocycles. The molecule has 0 radical (unpaired) electrons. The molecule has 0 bridgehead atoms. The molecule has 1 atom stereocenters. The van der Waals surface area contributed by atoms with Gasteiger partial charge in [0.2, 0.25) is 0 Å². The monoisotopic (exact) mass is 367 g/mol. The molecule has 0 unspecified atom stereocenters. The van der Waals surface area contributed by atoms with Crippen molar-refractivity contribution in [2.75, 3.05) is 11.4 Å². The van der Waals surface area contributed by atoms with Gasteiger partial charge in [-0.05, 0) is 17.7 Å². The van der Waals surface area contributed by atoms with Gasteiger partial charge in [0.25, 0.3) is 0 Å². The van der Waals surface area contributed by atoms with Crippen LogP contribution in [0.3, 0.4) is 0 Å². The molecule has 2 aromatic carbocycles. The summed E-state index contributed by atoms with van der Waals surface area (Å²) < 4.78 is 27.2. The van der Waals surface area contributed by atoms with Crippen molar-refractivity contribution < 1.29 is 18.7 Å². The number of benzene rings is 2. The second-order valence-corrected chi connectivity index (χ2v) is 6.26. The summed E-state index contributed by atoms with van der Waals surface area (Å²) in [5.41, 5.74) is 1.39. The molecule has 0 saturated carbocycles. The van der Waals surface area contributed by atoms with Gasteiger partial charge in [0.1, 0.15) is 12.7 Å². The van der Waals surface area contributed by atoms with E-state index >= 15 is 0 Å². The van der Waals surface area contributed by atoms with Crippen LogP contribution in [0.5, 0.6) is 5.75 Å². The number of ether oxygens (including phenoxy) is 2. The number of halogens is 1. The van der Waals surface area contributed by atoms with Crippen molar-refractivity contribution in [1.29, 1.82) is 0 Å². The first-order valence-electron chi connectivity index (χ1n) is 8.59. The number of rotatable bonds is 6. The summed E-state index contributed by atoms with van der Waals surface area (Å²) in [5, 5.41) is 0. The molecule has 0 N–H and O–H groups in total. The van der Waals surface area contributed by atoms with Crippen molar-refractivity contribution in [3.63, 3.8) is 0 Å². The number of cyclic esters (lactones) is 1. The van der Waals surface area contributed by atoms with Crippen LogP contribution < -0.4 is 9.64 Å². The number of carbonyl (C=O) groups excluding carboxylic acids is 1. The van der Waals surface area contributed by atoms with E-state index in [0.29, 0.717) is 18.8 Å². The van der Waals surface area contributed by atoms with E-state index in [-0.39, 0.29) is 18.5 Å². The van der Waals surface area contributed by atoms with Crippen LogP contribution in [0.2, 0.25) is 0 Å². The zero-order valence-electron chi connectivity index (χ0n) is 14.5. The Balaban J connectivity index is 1.41. The Labute approximate surface area is 155 Å². The molecule has 1 amide bonds. The van der Waals surface area contributed by atoms with Crippen LogP contribution in [0.25, 0.3) is 0 Å². The van der Waals surface area contributed by atoms with Gasteiger partial charge in [-0.25, -0.2) is 14.2 Å². The molecule has 27 heavy (non-hydrogen) atoms. The highest BCUT2D eigenvalue weighted by atomic mass is 19.1. The maximum absolute atomic E-state index is 14.4. The van der Waals surface area contributed by atoms with E-state index in [1.54, 1.807) is 24.8 Å². The van der Waals surface area contributed by atoms with Crippen molar-refractivity contribution in [3.8, 4) is 5.75 Å². The van der Waals surface area contributed by atoms with E-state index in [9.17, 15) is 9.18 Å². The molecule has 138 valence electrons. The topological polar surface area (TPSA) is 56.6 Å². The number of imidazole rings is 1. The summed E-state index contributed by atoms with van der Waals surface area (Å²) in [6.07, 6.45) is 4.32. The average Bonchev–Trinajstić information content (AvgIpc) is 3.31. The highest BCUT2D eigenvalue weighted by Gasteiger charge is 2.32. The quantitative estimate of drug-likeness (QED) is 0.668. The fourth-order valence-electron chi connectivity index (χ4n) is 2.97. The van der Waals surface area contributed by atoms with Crippen molar-refractivity contribution in [1.82, 2.24) is 9.55 Å². The minimum absolute atomic E-state index is 0.144. The summed E-state index contributed by atoms with van der Waals surface area (Å²) in [5.74, 6) is -0.376. The van der Waals surface area contributed by atoms with Crippen molar-refractivity contribution in [2.45, 2.75) is 19.3 Å². The van der Waals surface area contributed by atoms with Crippen molar-refractivity contribution >= 4 is 11.8 Å². The molecular formula is C20H18FN3O3. The largest absolute Gasteiger partial charge is 0.486 e. The minimum atomic E-state index is -0.519. The number of hydrogen-bond acceptors (Lipinski definition) is 4. The van der Waals surface area contributed by atoms with Gasteiger partial charge < -0.3 is 14.0 Å². The van der Waals surface area contributed by atoms with E-state index < -0.39 is 11.9 Å². The number of aromatic nitrogens is 2. The van der Waals surface area contributed by atoms with E-state index in [0.717, 1.165) is 5.56 Å². The summed E-state index contributed by atoms with van der Waals surface area (Å²) >= 11 is 0. The number of carbonyl (C=O) groups is 1. The highest BCUT2D eigenvalue weighted by Crippen LogP contribution is 2.28. The van der Waals surface area contributed by atoms with Crippen LogP contribution in [-0.4, -0.2) is 28.3 Å². The fourth-order valence-corrected chi connectivity index (χ4v) is 2.97. The predicted octanol–water partition coefficient (Wildman–Crippen LogP) is 3.63. The van der Waals surface area contributed by atoms with Gasteiger partial charge in [0.15, 0.2) is 11.6 Å². The van der Waals surface area contributed by atoms with Crippen LogP contribution in [0, 0.1) is 5.82 Å². The average molecular weight is 367 g/mol. The van der Waals surface area contributed by atoms with Gasteiger partial charge in [-0.2, -0.15) is 0 Å². The Hall–Kier alpha value is -3.35. The van der Waals surface area contributed by atoms with E-state index in [2.05, 4.69) is 4.98 Å². The highest BCUT2D eigenvalue weighted by molar-refractivity contribution is 5.89. The number of hydrogen-bond donors (Lipinski definition) is 0. The molecule has 1 aliphatic heterocycles. The maximum Gasteiger partial charge on any atom is 0.414 e. The molecule has 0 aliphatic carbocycles. The second-order valence-electron chi connectivity index (χ2n) is 6.26. The minimum Gasteiger partial charge on any atom is -0.486 e. The maximum atomic E-state index is 14.4.